The van der Waals surface area contributed by atoms with Crippen molar-refractivity contribution in [1.29, 1.82) is 0 Å². The monoisotopic (exact) mass is 187 g/mol. The molecule has 0 N–H and O–H groups in total. The fourth-order valence-corrected chi connectivity index (χ4v) is 0.940. The van der Waals surface area contributed by atoms with Gasteiger partial charge in [-0.3, -0.25) is 14.5 Å². The van der Waals surface area contributed by atoms with Crippen molar-refractivity contribution in [3.63, 3.8) is 0 Å². The smallest absolute Gasteiger partial charge is 0.308 e. The van der Waals surface area contributed by atoms with Gasteiger partial charge in [-0.05, 0) is 14.1 Å². The molecule has 1 aliphatic rings. The van der Waals surface area contributed by atoms with E-state index in [4.69, 9.17) is 9.47 Å². The molecule has 1 saturated heterocycles. The highest BCUT2D eigenvalue weighted by Crippen LogP contribution is 2.07. The Labute approximate surface area is 76.6 Å². The van der Waals surface area contributed by atoms with Crippen LogP contribution in [-0.2, 0) is 19.1 Å². The van der Waals surface area contributed by atoms with Gasteiger partial charge < -0.3 is 9.47 Å². The highest BCUT2D eigenvalue weighted by molar-refractivity contribution is 5.78. The number of carbonyl (C=O) groups is 2. The highest BCUT2D eigenvalue weighted by atomic mass is 16.6. The predicted octanol–water partition coefficient (Wildman–Crippen LogP) is -0.246. The Bertz CT molecular complexity index is 214. The molecule has 0 saturated carbocycles. The van der Waals surface area contributed by atoms with Gasteiger partial charge in [0.05, 0.1) is 12.8 Å². The van der Waals surface area contributed by atoms with E-state index in [0.29, 0.717) is 0 Å². The fraction of sp³-hybridized carbons (Fsp3) is 0.750. The van der Waals surface area contributed by atoms with E-state index < -0.39 is 6.23 Å². The average molecular weight is 187 g/mol. The summed E-state index contributed by atoms with van der Waals surface area (Å²) in [7, 11) is 3.51. The first-order chi connectivity index (χ1) is 6.09. The Morgan fingerprint density at radius 3 is 2.46 bits per heavy atom. The molecule has 5 heteroatoms. The summed E-state index contributed by atoms with van der Waals surface area (Å²) in [5.41, 5.74) is 0. The molecule has 1 atom stereocenters. The molecule has 5 nitrogen and oxygen atoms in total. The number of cyclic esters (lactones) is 2. The molecule has 0 aromatic carbocycles. The van der Waals surface area contributed by atoms with Crippen LogP contribution in [0.3, 0.4) is 0 Å². The molecule has 1 unspecified atom stereocenters. The predicted molar refractivity (Wildman–Crippen MR) is 43.8 cm³/mol. The number of hydrogen-bond donors (Lipinski definition) is 0. The summed E-state index contributed by atoms with van der Waals surface area (Å²) in [5, 5.41) is 0. The number of likely N-dealkylation sites (N-methyl/N-ethyl adjacent to an activating group) is 1. The van der Waals surface area contributed by atoms with Crippen molar-refractivity contribution in [1.82, 2.24) is 4.90 Å². The second kappa shape index (κ2) is 4.23. The normalized spacial score (nSPS) is 24.7. The third-order valence-corrected chi connectivity index (χ3v) is 1.76. The lowest BCUT2D eigenvalue weighted by atomic mass is 10.3. The zero-order chi connectivity index (χ0) is 9.84. The minimum atomic E-state index is -0.461. The van der Waals surface area contributed by atoms with Crippen molar-refractivity contribution in [2.24, 2.45) is 0 Å². The number of esters is 2. The van der Waals surface area contributed by atoms with Gasteiger partial charge >= 0.3 is 11.9 Å². The largest absolute Gasteiger partial charge is 0.460 e. The van der Waals surface area contributed by atoms with Gasteiger partial charge in [-0.1, -0.05) is 0 Å². The first kappa shape index (κ1) is 9.98. The quantitative estimate of drug-likeness (QED) is 0.530. The van der Waals surface area contributed by atoms with Crippen LogP contribution in [0.15, 0.2) is 0 Å². The van der Waals surface area contributed by atoms with E-state index in [1.54, 1.807) is 19.0 Å². The molecule has 0 aromatic rings. The van der Waals surface area contributed by atoms with Gasteiger partial charge in [0.2, 0.25) is 0 Å². The van der Waals surface area contributed by atoms with Gasteiger partial charge in [0, 0.05) is 0 Å². The van der Waals surface area contributed by atoms with Crippen LogP contribution in [0.5, 0.6) is 0 Å². The average Bonchev–Trinajstić information content (AvgIpc) is 2.05. The van der Waals surface area contributed by atoms with Crippen LogP contribution in [0.25, 0.3) is 0 Å². The summed E-state index contributed by atoms with van der Waals surface area (Å²) in [6.45, 7) is 0.109. The number of nitrogens with zero attached hydrogens (tertiary/aromatic N) is 1. The van der Waals surface area contributed by atoms with Crippen molar-refractivity contribution in [2.45, 2.75) is 19.1 Å². The Morgan fingerprint density at radius 1 is 1.23 bits per heavy atom. The summed E-state index contributed by atoms with van der Waals surface area (Å²) >= 11 is 0. The molecule has 0 amide bonds. The van der Waals surface area contributed by atoms with Crippen molar-refractivity contribution >= 4 is 11.9 Å². The highest BCUT2D eigenvalue weighted by Gasteiger charge is 2.22. The van der Waals surface area contributed by atoms with Gasteiger partial charge in [-0.2, -0.15) is 0 Å². The molecular formula is C8H13NO4. The molecule has 13 heavy (non-hydrogen) atoms. The molecule has 0 aromatic heterocycles. The molecule has 1 heterocycles. The van der Waals surface area contributed by atoms with Crippen molar-refractivity contribution < 1.29 is 19.1 Å². The first-order valence-electron chi connectivity index (χ1n) is 4.11. The summed E-state index contributed by atoms with van der Waals surface area (Å²) in [6, 6.07) is 0. The lowest BCUT2D eigenvalue weighted by Gasteiger charge is -2.25. The van der Waals surface area contributed by atoms with E-state index >= 15 is 0 Å². The maximum Gasteiger partial charge on any atom is 0.308 e. The standard InChI is InChI=1S/C8H13NO4/c1-9(2)6-5-12-7(10)3-4-8(11)13-6/h6H,3-5H2,1-2H3. The molecule has 1 fully saturated rings. The zero-order valence-corrected chi connectivity index (χ0v) is 7.78. The maximum absolute atomic E-state index is 11.0. The van der Waals surface area contributed by atoms with Gasteiger partial charge in [0.1, 0.15) is 6.61 Å². The van der Waals surface area contributed by atoms with Crippen LogP contribution in [0.2, 0.25) is 0 Å². The minimum absolute atomic E-state index is 0.100. The topological polar surface area (TPSA) is 55.8 Å². The van der Waals surface area contributed by atoms with Crippen LogP contribution in [0.4, 0.5) is 0 Å². The number of hydrogen-bond acceptors (Lipinski definition) is 5. The first-order valence-corrected chi connectivity index (χ1v) is 4.11. The van der Waals surface area contributed by atoms with Gasteiger partial charge in [0.15, 0.2) is 6.23 Å². The molecule has 0 aliphatic carbocycles. The van der Waals surface area contributed by atoms with E-state index in [-0.39, 0.29) is 31.4 Å². The molecule has 0 radical (unpaired) electrons. The molecule has 1 aliphatic heterocycles. The molecular weight excluding hydrogens is 174 g/mol. The Kier molecular flexibility index (Phi) is 3.25. The molecule has 0 bridgehead atoms. The van der Waals surface area contributed by atoms with Gasteiger partial charge in [-0.25, -0.2) is 0 Å². The number of carbonyl (C=O) groups excluding carboxylic acids is 2. The lowest BCUT2D eigenvalue weighted by molar-refractivity contribution is -0.175. The van der Waals surface area contributed by atoms with Crippen molar-refractivity contribution in [2.75, 3.05) is 20.7 Å². The summed E-state index contributed by atoms with van der Waals surface area (Å²) in [5.74, 6) is -0.696. The molecule has 1 rings (SSSR count). The maximum atomic E-state index is 11.0. The fourth-order valence-electron chi connectivity index (χ4n) is 0.940. The van der Waals surface area contributed by atoms with Crippen molar-refractivity contribution in [3.05, 3.63) is 0 Å². The van der Waals surface area contributed by atoms with E-state index in [9.17, 15) is 9.59 Å². The van der Waals surface area contributed by atoms with Crippen LogP contribution in [-0.4, -0.2) is 43.8 Å². The minimum Gasteiger partial charge on any atom is -0.460 e. The second-order valence-electron chi connectivity index (χ2n) is 3.09. The third-order valence-electron chi connectivity index (χ3n) is 1.76. The van der Waals surface area contributed by atoms with Crippen molar-refractivity contribution in [3.8, 4) is 0 Å². The van der Waals surface area contributed by atoms with Crippen LogP contribution >= 0.6 is 0 Å². The van der Waals surface area contributed by atoms with E-state index in [1.807, 2.05) is 0 Å². The summed E-state index contributed by atoms with van der Waals surface area (Å²) in [4.78, 5) is 23.6. The number of rotatable bonds is 1. The third kappa shape index (κ3) is 3.02. The van der Waals surface area contributed by atoms with Gasteiger partial charge in [-0.15, -0.1) is 0 Å². The van der Waals surface area contributed by atoms with E-state index in [1.165, 1.54) is 0 Å². The zero-order valence-electron chi connectivity index (χ0n) is 7.78. The molecule has 74 valence electrons. The summed E-state index contributed by atoms with van der Waals surface area (Å²) < 4.78 is 9.86. The van der Waals surface area contributed by atoms with Crippen LogP contribution in [0.1, 0.15) is 12.8 Å². The summed E-state index contributed by atoms with van der Waals surface area (Å²) in [6.07, 6.45) is -0.251. The lowest BCUT2D eigenvalue weighted by Crippen LogP contribution is -2.39. The SMILES string of the molecule is CN(C)C1COC(=O)CCC(=O)O1. The van der Waals surface area contributed by atoms with Crippen LogP contribution < -0.4 is 0 Å². The van der Waals surface area contributed by atoms with E-state index in [2.05, 4.69) is 0 Å². The van der Waals surface area contributed by atoms with E-state index in [0.717, 1.165) is 0 Å². The Hall–Kier alpha value is -1.10. The van der Waals surface area contributed by atoms with Gasteiger partial charge in [0.25, 0.3) is 0 Å². The Balaban J connectivity index is 2.55. The number of ether oxygens (including phenoxy) is 2. The Morgan fingerprint density at radius 2 is 1.85 bits per heavy atom. The second-order valence-corrected chi connectivity index (χ2v) is 3.09. The molecule has 0 spiro atoms. The van der Waals surface area contributed by atoms with Crippen LogP contribution in [0, 0.1) is 0 Å².